The maximum Gasteiger partial charge on any atom is 0.307 e. The second-order valence-corrected chi connectivity index (χ2v) is 5.50. The zero-order chi connectivity index (χ0) is 16.0. The van der Waals surface area contributed by atoms with E-state index >= 15 is 0 Å². The van der Waals surface area contributed by atoms with Crippen molar-refractivity contribution < 1.29 is 19.5 Å². The number of rotatable bonds is 2. The molecule has 0 unspecified atom stereocenters. The van der Waals surface area contributed by atoms with Crippen molar-refractivity contribution in [3.05, 3.63) is 69.3 Å². The molecule has 110 valence electrons. The van der Waals surface area contributed by atoms with Gasteiger partial charge in [-0.3, -0.25) is 14.4 Å². The van der Waals surface area contributed by atoms with Gasteiger partial charge < -0.3 is 5.11 Å². The number of carboxylic acids is 1. The first-order chi connectivity index (χ1) is 10.4. The van der Waals surface area contributed by atoms with Crippen molar-refractivity contribution in [1.82, 2.24) is 0 Å². The van der Waals surface area contributed by atoms with E-state index < -0.39 is 5.97 Å². The van der Waals surface area contributed by atoms with Gasteiger partial charge >= 0.3 is 5.97 Å². The number of carboxylic acid groups (broad SMARTS) is 1. The van der Waals surface area contributed by atoms with Crippen molar-refractivity contribution in [3.63, 3.8) is 0 Å². The van der Waals surface area contributed by atoms with Crippen LogP contribution in [0.3, 0.4) is 0 Å². The van der Waals surface area contributed by atoms with Crippen LogP contribution in [0.25, 0.3) is 0 Å². The van der Waals surface area contributed by atoms with Gasteiger partial charge in [-0.25, -0.2) is 0 Å². The minimum atomic E-state index is -0.964. The Labute approximate surface area is 127 Å². The van der Waals surface area contributed by atoms with Crippen molar-refractivity contribution in [2.24, 2.45) is 0 Å². The van der Waals surface area contributed by atoms with E-state index in [0.717, 1.165) is 5.56 Å². The first kappa shape index (κ1) is 14.2. The number of aryl methyl sites for hydroxylation is 1. The van der Waals surface area contributed by atoms with Crippen molar-refractivity contribution in [3.8, 4) is 0 Å². The molecule has 0 saturated heterocycles. The highest BCUT2D eigenvalue weighted by atomic mass is 16.4. The topological polar surface area (TPSA) is 71.4 Å². The molecule has 4 heteroatoms. The van der Waals surface area contributed by atoms with Gasteiger partial charge in [0.05, 0.1) is 6.42 Å². The van der Waals surface area contributed by atoms with Gasteiger partial charge in [0.1, 0.15) is 0 Å². The van der Waals surface area contributed by atoms with Gasteiger partial charge in [-0.15, -0.1) is 0 Å². The molecule has 1 aliphatic carbocycles. The average Bonchev–Trinajstić information content (AvgIpc) is 2.46. The maximum absolute atomic E-state index is 12.8. The molecule has 2 aromatic rings. The number of benzene rings is 2. The van der Waals surface area contributed by atoms with Crippen LogP contribution in [0.2, 0.25) is 0 Å². The van der Waals surface area contributed by atoms with Crippen LogP contribution < -0.4 is 0 Å². The van der Waals surface area contributed by atoms with Crippen LogP contribution in [0.1, 0.15) is 48.5 Å². The molecular weight excluding hydrogens is 280 g/mol. The highest BCUT2D eigenvalue weighted by molar-refractivity contribution is 6.29. The van der Waals surface area contributed by atoms with E-state index in [1.54, 1.807) is 44.2 Å². The average molecular weight is 294 g/mol. The molecule has 0 spiro atoms. The van der Waals surface area contributed by atoms with Crippen molar-refractivity contribution in [2.45, 2.75) is 20.3 Å². The van der Waals surface area contributed by atoms with Gasteiger partial charge in [0.2, 0.25) is 0 Å². The van der Waals surface area contributed by atoms with Gasteiger partial charge in [0.25, 0.3) is 0 Å². The maximum atomic E-state index is 12.8. The summed E-state index contributed by atoms with van der Waals surface area (Å²) in [5.74, 6) is -1.35. The van der Waals surface area contributed by atoms with Crippen LogP contribution >= 0.6 is 0 Å². The smallest absolute Gasteiger partial charge is 0.307 e. The molecule has 0 saturated carbocycles. The normalized spacial score (nSPS) is 12.8. The summed E-state index contributed by atoms with van der Waals surface area (Å²) in [6.07, 6.45) is -0.165. The summed E-state index contributed by atoms with van der Waals surface area (Å²) in [5, 5.41) is 8.96. The Kier molecular flexibility index (Phi) is 3.17. The Morgan fingerprint density at radius 1 is 0.955 bits per heavy atom. The predicted molar refractivity (Wildman–Crippen MR) is 80.6 cm³/mol. The number of hydrogen-bond donors (Lipinski definition) is 1. The second-order valence-electron chi connectivity index (χ2n) is 5.50. The van der Waals surface area contributed by atoms with Crippen LogP contribution in [-0.2, 0) is 11.2 Å². The largest absolute Gasteiger partial charge is 0.481 e. The molecule has 0 heterocycles. The lowest BCUT2D eigenvalue weighted by Crippen LogP contribution is -2.24. The van der Waals surface area contributed by atoms with Crippen molar-refractivity contribution in [1.29, 1.82) is 0 Å². The van der Waals surface area contributed by atoms with E-state index in [9.17, 15) is 14.4 Å². The van der Waals surface area contributed by atoms with Gasteiger partial charge in [0, 0.05) is 22.3 Å². The number of hydrogen-bond acceptors (Lipinski definition) is 3. The number of fused-ring (bicyclic) bond motifs is 2. The third kappa shape index (κ3) is 1.96. The van der Waals surface area contributed by atoms with Gasteiger partial charge in [-0.05, 0) is 36.6 Å². The molecule has 0 amide bonds. The quantitative estimate of drug-likeness (QED) is 0.789. The molecule has 4 nitrogen and oxygen atoms in total. The van der Waals surface area contributed by atoms with Crippen molar-refractivity contribution >= 4 is 17.5 Å². The predicted octanol–water partition coefficient (Wildman–Crippen LogP) is 2.71. The Morgan fingerprint density at radius 2 is 1.59 bits per heavy atom. The molecule has 1 aliphatic rings. The molecule has 0 atom stereocenters. The van der Waals surface area contributed by atoms with E-state index in [1.165, 1.54) is 0 Å². The Morgan fingerprint density at radius 3 is 2.27 bits per heavy atom. The highest BCUT2D eigenvalue weighted by Crippen LogP contribution is 2.32. The fourth-order valence-electron chi connectivity index (χ4n) is 3.02. The van der Waals surface area contributed by atoms with E-state index in [2.05, 4.69) is 0 Å². The lowest BCUT2D eigenvalue weighted by Gasteiger charge is -2.22. The van der Waals surface area contributed by atoms with Crippen LogP contribution in [0, 0.1) is 13.8 Å². The zero-order valence-electron chi connectivity index (χ0n) is 12.3. The molecule has 1 N–H and O–H groups in total. The first-order valence-corrected chi connectivity index (χ1v) is 6.95. The molecule has 0 radical (unpaired) electrons. The number of carbonyl (C=O) groups excluding carboxylic acids is 2. The van der Waals surface area contributed by atoms with E-state index in [-0.39, 0.29) is 18.0 Å². The van der Waals surface area contributed by atoms with Crippen LogP contribution in [-0.4, -0.2) is 22.6 Å². The van der Waals surface area contributed by atoms with Gasteiger partial charge in [-0.2, -0.15) is 0 Å². The van der Waals surface area contributed by atoms with E-state index in [0.29, 0.717) is 33.4 Å². The SMILES string of the molecule is Cc1cccc2c1C(=O)c1ccc(CC(=O)O)c(C)c1C2=O. The summed E-state index contributed by atoms with van der Waals surface area (Å²) >= 11 is 0. The molecule has 0 bridgehead atoms. The summed E-state index contributed by atoms with van der Waals surface area (Å²) in [6, 6.07) is 8.39. The molecule has 0 fully saturated rings. The minimum Gasteiger partial charge on any atom is -0.481 e. The minimum absolute atomic E-state index is 0.165. The molecule has 3 rings (SSSR count). The van der Waals surface area contributed by atoms with Crippen LogP contribution in [0.4, 0.5) is 0 Å². The van der Waals surface area contributed by atoms with Crippen molar-refractivity contribution in [2.75, 3.05) is 0 Å². The van der Waals surface area contributed by atoms with Crippen LogP contribution in [0.5, 0.6) is 0 Å². The second kappa shape index (κ2) is 4.91. The fraction of sp³-hybridized carbons (Fsp3) is 0.167. The lowest BCUT2D eigenvalue weighted by molar-refractivity contribution is -0.136. The standard InChI is InChI=1S/C18H14O4/c1-9-4-3-5-12-15(9)17(21)13-7-6-11(8-14(19)20)10(2)16(13)18(12)22/h3-7H,8H2,1-2H3,(H,19,20). The van der Waals surface area contributed by atoms with Crippen LogP contribution in [0.15, 0.2) is 30.3 Å². The fourth-order valence-corrected chi connectivity index (χ4v) is 3.02. The Bertz CT molecular complexity index is 846. The third-order valence-electron chi connectivity index (χ3n) is 4.14. The Hall–Kier alpha value is -2.75. The lowest BCUT2D eigenvalue weighted by atomic mass is 9.79. The van der Waals surface area contributed by atoms with Gasteiger partial charge in [-0.1, -0.05) is 24.3 Å². The Balaban J connectivity index is 2.26. The molecular formula is C18H14O4. The molecule has 0 aliphatic heterocycles. The highest BCUT2D eigenvalue weighted by Gasteiger charge is 2.32. The summed E-state index contributed by atoms with van der Waals surface area (Å²) < 4.78 is 0. The number of carbonyl (C=O) groups is 3. The molecule has 22 heavy (non-hydrogen) atoms. The summed E-state index contributed by atoms with van der Waals surface area (Å²) in [5.41, 5.74) is 3.45. The molecule has 2 aromatic carbocycles. The number of ketones is 2. The third-order valence-corrected chi connectivity index (χ3v) is 4.14. The summed E-state index contributed by atoms with van der Waals surface area (Å²) in [6.45, 7) is 3.50. The molecule has 0 aromatic heterocycles. The first-order valence-electron chi connectivity index (χ1n) is 6.95. The monoisotopic (exact) mass is 294 g/mol. The van der Waals surface area contributed by atoms with E-state index in [4.69, 9.17) is 5.11 Å². The van der Waals surface area contributed by atoms with E-state index in [1.807, 2.05) is 0 Å². The van der Waals surface area contributed by atoms with Gasteiger partial charge in [0.15, 0.2) is 11.6 Å². The summed E-state index contributed by atoms with van der Waals surface area (Å²) in [4.78, 5) is 36.4. The number of aliphatic carboxylic acids is 1. The zero-order valence-corrected chi connectivity index (χ0v) is 12.3. The summed E-state index contributed by atoms with van der Waals surface area (Å²) in [7, 11) is 0.